The number of rotatable bonds is 6. The molecule has 1 N–H and O–H groups in total. The van der Waals surface area contributed by atoms with Crippen molar-refractivity contribution in [3.63, 3.8) is 0 Å². The Kier molecular flexibility index (Phi) is 4.71. The Labute approximate surface area is 179 Å². The van der Waals surface area contributed by atoms with Crippen LogP contribution in [0, 0.1) is 0 Å². The smallest absolute Gasteiger partial charge is 0.284 e. The Morgan fingerprint density at radius 1 is 0.806 bits per heavy atom. The number of fused-ring (bicyclic) bond motifs is 3. The number of aryl methyl sites for hydroxylation is 1. The SMILES string of the molecule is O=C(Cn1c2ccccc2c2ccccc21)C1=C(O)C(CCc2ccccc2)=NC1=O. The summed E-state index contributed by atoms with van der Waals surface area (Å²) in [4.78, 5) is 29.5. The van der Waals surface area contributed by atoms with Crippen LogP contribution in [0.5, 0.6) is 0 Å². The van der Waals surface area contributed by atoms with Crippen LogP contribution >= 0.6 is 0 Å². The van der Waals surface area contributed by atoms with Gasteiger partial charge in [0.15, 0.2) is 11.5 Å². The third kappa shape index (κ3) is 3.34. The number of aliphatic hydroxyl groups excluding tert-OH is 1. The van der Waals surface area contributed by atoms with E-state index >= 15 is 0 Å². The number of aromatic nitrogens is 1. The van der Waals surface area contributed by atoms with E-state index in [1.807, 2.05) is 83.4 Å². The quantitative estimate of drug-likeness (QED) is 0.466. The topological polar surface area (TPSA) is 71.7 Å². The molecular weight excluding hydrogens is 388 g/mol. The van der Waals surface area contributed by atoms with Crippen molar-refractivity contribution in [1.82, 2.24) is 4.57 Å². The summed E-state index contributed by atoms with van der Waals surface area (Å²) in [5, 5.41) is 12.7. The summed E-state index contributed by atoms with van der Waals surface area (Å²) < 4.78 is 1.89. The molecule has 5 heteroatoms. The number of hydrogen-bond acceptors (Lipinski definition) is 3. The van der Waals surface area contributed by atoms with Crippen LogP contribution in [0.25, 0.3) is 21.8 Å². The first-order valence-corrected chi connectivity index (χ1v) is 10.2. The minimum absolute atomic E-state index is 0.0410. The molecule has 31 heavy (non-hydrogen) atoms. The molecular formula is C26H20N2O3. The van der Waals surface area contributed by atoms with Gasteiger partial charge in [0, 0.05) is 21.8 Å². The number of ketones is 1. The van der Waals surface area contributed by atoms with Gasteiger partial charge < -0.3 is 9.67 Å². The summed E-state index contributed by atoms with van der Waals surface area (Å²) in [5.41, 5.74) is 2.96. The number of allylic oxidation sites excluding steroid dienone is 1. The van der Waals surface area contributed by atoms with E-state index in [2.05, 4.69) is 4.99 Å². The summed E-state index contributed by atoms with van der Waals surface area (Å²) in [6, 6.07) is 25.5. The predicted molar refractivity (Wildman–Crippen MR) is 121 cm³/mol. The zero-order valence-electron chi connectivity index (χ0n) is 16.8. The van der Waals surface area contributed by atoms with Gasteiger partial charge in [0.05, 0.1) is 12.3 Å². The summed E-state index contributed by atoms with van der Waals surface area (Å²) in [6.45, 7) is -0.0410. The van der Waals surface area contributed by atoms with Crippen LogP contribution in [-0.4, -0.2) is 27.1 Å². The van der Waals surface area contributed by atoms with Crippen molar-refractivity contribution in [2.45, 2.75) is 19.4 Å². The number of hydrogen-bond donors (Lipinski definition) is 1. The van der Waals surface area contributed by atoms with Crippen LogP contribution in [0.1, 0.15) is 12.0 Å². The summed E-state index contributed by atoms with van der Waals surface area (Å²) in [5.74, 6) is -1.38. The largest absolute Gasteiger partial charge is 0.505 e. The van der Waals surface area contributed by atoms with Crippen LogP contribution in [0.4, 0.5) is 0 Å². The molecule has 1 aliphatic heterocycles. The van der Waals surface area contributed by atoms with Crippen LogP contribution in [0.15, 0.2) is 95.2 Å². The zero-order chi connectivity index (χ0) is 21.4. The number of Topliss-reactive ketones (excluding diaryl/α,β-unsaturated/α-hetero) is 1. The van der Waals surface area contributed by atoms with E-state index in [0.29, 0.717) is 12.8 Å². The predicted octanol–water partition coefficient (Wildman–Crippen LogP) is 4.79. The number of nitrogens with zero attached hydrogens (tertiary/aromatic N) is 2. The molecule has 0 bridgehead atoms. The van der Waals surface area contributed by atoms with Gasteiger partial charge in [0.2, 0.25) is 0 Å². The van der Waals surface area contributed by atoms with Gasteiger partial charge in [-0.05, 0) is 30.5 Å². The molecule has 1 aliphatic rings. The number of para-hydroxylation sites is 2. The van der Waals surface area contributed by atoms with Crippen molar-refractivity contribution < 1.29 is 14.7 Å². The molecule has 5 rings (SSSR count). The van der Waals surface area contributed by atoms with Crippen molar-refractivity contribution in [3.05, 3.63) is 95.8 Å². The lowest BCUT2D eigenvalue weighted by Crippen LogP contribution is -2.17. The number of amides is 1. The average molecular weight is 408 g/mol. The molecule has 0 unspecified atom stereocenters. The highest BCUT2D eigenvalue weighted by molar-refractivity contribution is 6.31. The molecule has 0 aliphatic carbocycles. The van der Waals surface area contributed by atoms with Crippen molar-refractivity contribution >= 4 is 39.2 Å². The minimum atomic E-state index is -0.661. The lowest BCUT2D eigenvalue weighted by atomic mass is 10.0. The maximum absolute atomic E-state index is 13.1. The second-order valence-electron chi connectivity index (χ2n) is 7.62. The van der Waals surface area contributed by atoms with Crippen molar-refractivity contribution in [2.24, 2.45) is 4.99 Å². The van der Waals surface area contributed by atoms with E-state index in [-0.39, 0.29) is 23.6 Å². The molecule has 0 radical (unpaired) electrons. The van der Waals surface area contributed by atoms with Crippen LogP contribution in [-0.2, 0) is 22.6 Å². The van der Waals surface area contributed by atoms with Gasteiger partial charge in [-0.1, -0.05) is 66.7 Å². The standard InChI is InChI=1S/C26H20N2O3/c29-23(16-28-21-12-6-4-10-18(21)19-11-5-7-13-22(19)28)24-25(30)20(27-26(24)31)15-14-17-8-2-1-3-9-17/h1-13,30H,14-16H2. The van der Waals surface area contributed by atoms with Crippen molar-refractivity contribution in [2.75, 3.05) is 0 Å². The third-order valence-corrected chi connectivity index (χ3v) is 5.71. The first-order chi connectivity index (χ1) is 15.1. The van der Waals surface area contributed by atoms with Crippen LogP contribution in [0.3, 0.4) is 0 Å². The van der Waals surface area contributed by atoms with Gasteiger partial charge in [-0.25, -0.2) is 4.99 Å². The van der Waals surface area contributed by atoms with Crippen LogP contribution < -0.4 is 0 Å². The lowest BCUT2D eigenvalue weighted by molar-refractivity contribution is -0.121. The van der Waals surface area contributed by atoms with Crippen LogP contribution in [0.2, 0.25) is 0 Å². The lowest BCUT2D eigenvalue weighted by Gasteiger charge is -2.07. The van der Waals surface area contributed by atoms with Gasteiger partial charge in [-0.3, -0.25) is 9.59 Å². The van der Waals surface area contributed by atoms with Gasteiger partial charge >= 0.3 is 0 Å². The first kappa shape index (κ1) is 19.0. The van der Waals surface area contributed by atoms with Gasteiger partial charge in [-0.15, -0.1) is 0 Å². The molecule has 0 saturated heterocycles. The first-order valence-electron chi connectivity index (χ1n) is 10.2. The normalized spacial score (nSPS) is 13.9. The number of benzene rings is 3. The Balaban J connectivity index is 1.44. The molecule has 0 spiro atoms. The fourth-order valence-corrected chi connectivity index (χ4v) is 4.21. The molecule has 0 saturated carbocycles. The highest BCUT2D eigenvalue weighted by atomic mass is 16.3. The maximum atomic E-state index is 13.1. The summed E-state index contributed by atoms with van der Waals surface area (Å²) in [6.07, 6.45) is 1.03. The molecule has 1 amide bonds. The fraction of sp³-hybridized carbons (Fsp3) is 0.115. The van der Waals surface area contributed by atoms with E-state index in [9.17, 15) is 14.7 Å². The second-order valence-corrected chi connectivity index (χ2v) is 7.62. The Morgan fingerprint density at radius 2 is 1.39 bits per heavy atom. The van der Waals surface area contributed by atoms with Gasteiger partial charge in [0.25, 0.3) is 5.91 Å². The molecule has 1 aromatic heterocycles. The van der Waals surface area contributed by atoms with Gasteiger partial charge in [0.1, 0.15) is 5.57 Å². The molecule has 4 aromatic rings. The van der Waals surface area contributed by atoms with E-state index < -0.39 is 11.7 Å². The average Bonchev–Trinajstić information content (AvgIpc) is 3.27. The summed E-state index contributed by atoms with van der Waals surface area (Å²) >= 11 is 0. The van der Waals surface area contributed by atoms with E-state index in [1.165, 1.54) is 0 Å². The molecule has 2 heterocycles. The maximum Gasteiger partial charge on any atom is 0.284 e. The summed E-state index contributed by atoms with van der Waals surface area (Å²) in [7, 11) is 0. The highest BCUT2D eigenvalue weighted by Gasteiger charge is 2.32. The van der Waals surface area contributed by atoms with E-state index in [1.54, 1.807) is 0 Å². The Bertz CT molecular complexity index is 1340. The number of carbonyl (C=O) groups is 2. The van der Waals surface area contributed by atoms with Crippen molar-refractivity contribution in [3.8, 4) is 0 Å². The zero-order valence-corrected chi connectivity index (χ0v) is 16.8. The molecule has 3 aromatic carbocycles. The van der Waals surface area contributed by atoms with E-state index in [4.69, 9.17) is 0 Å². The highest BCUT2D eigenvalue weighted by Crippen LogP contribution is 2.29. The van der Waals surface area contributed by atoms with Gasteiger partial charge in [-0.2, -0.15) is 0 Å². The number of aliphatic hydroxyl groups is 1. The Hall–Kier alpha value is -3.99. The molecule has 152 valence electrons. The van der Waals surface area contributed by atoms with Crippen molar-refractivity contribution in [1.29, 1.82) is 0 Å². The minimum Gasteiger partial charge on any atom is -0.505 e. The monoisotopic (exact) mass is 408 g/mol. The fourth-order valence-electron chi connectivity index (χ4n) is 4.21. The Morgan fingerprint density at radius 3 is 2.03 bits per heavy atom. The third-order valence-electron chi connectivity index (χ3n) is 5.71. The molecule has 0 atom stereocenters. The number of carbonyl (C=O) groups excluding carboxylic acids is 2. The number of aliphatic imine (C=N–C) groups is 1. The van der Waals surface area contributed by atoms with E-state index in [0.717, 1.165) is 27.4 Å². The second kappa shape index (κ2) is 7.69. The molecule has 5 nitrogen and oxygen atoms in total. The molecule has 0 fully saturated rings.